The lowest BCUT2D eigenvalue weighted by Gasteiger charge is -2.26. The van der Waals surface area contributed by atoms with Crippen LogP contribution in [0.4, 0.5) is 0 Å². The molecule has 1 atom stereocenters. The van der Waals surface area contributed by atoms with E-state index in [1.807, 2.05) is 27.7 Å². The summed E-state index contributed by atoms with van der Waals surface area (Å²) in [4.78, 5) is 24.0. The number of carboxylic acid groups (broad SMARTS) is 1. The Kier molecular flexibility index (Phi) is 6.28. The van der Waals surface area contributed by atoms with Crippen molar-refractivity contribution in [1.29, 1.82) is 0 Å². The molecule has 0 saturated heterocycles. The third-order valence-corrected chi connectivity index (χ3v) is 4.98. The van der Waals surface area contributed by atoms with Gasteiger partial charge in [0.1, 0.15) is 0 Å². The second-order valence-corrected chi connectivity index (χ2v) is 7.70. The minimum atomic E-state index is -0.992. The highest BCUT2D eigenvalue weighted by Gasteiger charge is 2.22. The summed E-state index contributed by atoms with van der Waals surface area (Å²) in [5, 5.41) is 11.8. The van der Waals surface area contributed by atoms with Crippen molar-refractivity contribution in [2.75, 3.05) is 0 Å². The molecular formula is C15H20BrNO3S. The molecule has 0 radical (unpaired) electrons. The number of amides is 1. The Morgan fingerprint density at radius 1 is 1.43 bits per heavy atom. The highest BCUT2D eigenvalue weighted by Crippen LogP contribution is 2.28. The average Bonchev–Trinajstić information content (AvgIpc) is 2.40. The molecule has 0 aromatic heterocycles. The zero-order valence-corrected chi connectivity index (χ0v) is 15.0. The van der Waals surface area contributed by atoms with Crippen LogP contribution in [-0.2, 0) is 4.79 Å². The van der Waals surface area contributed by atoms with Gasteiger partial charge in [-0.2, -0.15) is 0 Å². The zero-order valence-electron chi connectivity index (χ0n) is 12.6. The fourth-order valence-electron chi connectivity index (χ4n) is 1.52. The number of hydrogen-bond donors (Lipinski definition) is 2. The lowest BCUT2D eigenvalue weighted by atomic mass is 10.0. The van der Waals surface area contributed by atoms with Gasteiger partial charge in [-0.15, -0.1) is 11.8 Å². The van der Waals surface area contributed by atoms with Crippen LogP contribution < -0.4 is 5.32 Å². The molecule has 116 valence electrons. The van der Waals surface area contributed by atoms with Crippen molar-refractivity contribution in [3.63, 3.8) is 0 Å². The van der Waals surface area contributed by atoms with E-state index >= 15 is 0 Å². The number of aromatic carboxylic acids is 1. The van der Waals surface area contributed by atoms with Gasteiger partial charge in [-0.25, -0.2) is 4.79 Å². The Morgan fingerprint density at radius 2 is 2.05 bits per heavy atom. The number of nitrogens with one attached hydrogen (secondary N) is 1. The highest BCUT2D eigenvalue weighted by molar-refractivity contribution is 9.10. The molecule has 0 bridgehead atoms. The first-order valence-corrected chi connectivity index (χ1v) is 8.35. The monoisotopic (exact) mass is 373 g/mol. The molecule has 0 aliphatic carbocycles. The summed E-state index contributed by atoms with van der Waals surface area (Å²) in [7, 11) is 0. The van der Waals surface area contributed by atoms with E-state index in [4.69, 9.17) is 5.11 Å². The number of hydrogen-bond acceptors (Lipinski definition) is 3. The molecule has 0 fully saturated rings. The Morgan fingerprint density at radius 3 is 2.57 bits per heavy atom. The zero-order chi connectivity index (χ0) is 16.2. The summed E-state index contributed by atoms with van der Waals surface area (Å²) < 4.78 is 0.531. The molecule has 0 spiro atoms. The van der Waals surface area contributed by atoms with E-state index in [0.717, 1.165) is 11.3 Å². The van der Waals surface area contributed by atoms with Crippen molar-refractivity contribution in [1.82, 2.24) is 5.32 Å². The largest absolute Gasteiger partial charge is 0.478 e. The van der Waals surface area contributed by atoms with Crippen LogP contribution in [0.2, 0.25) is 0 Å². The predicted octanol–water partition coefficient (Wildman–Crippen LogP) is 3.93. The molecule has 0 aliphatic heterocycles. The van der Waals surface area contributed by atoms with Gasteiger partial charge in [0.05, 0.1) is 10.8 Å². The third-order valence-electron chi connectivity index (χ3n) is 3.20. The van der Waals surface area contributed by atoms with Crippen LogP contribution in [-0.4, -0.2) is 27.8 Å². The molecular weight excluding hydrogens is 354 g/mol. The minimum Gasteiger partial charge on any atom is -0.478 e. The van der Waals surface area contributed by atoms with Gasteiger partial charge >= 0.3 is 5.97 Å². The van der Waals surface area contributed by atoms with Crippen molar-refractivity contribution in [2.45, 2.75) is 49.8 Å². The number of carbonyl (C=O) groups excluding carboxylic acids is 1. The van der Waals surface area contributed by atoms with Gasteiger partial charge in [0.25, 0.3) is 0 Å². The van der Waals surface area contributed by atoms with Gasteiger partial charge in [-0.1, -0.05) is 6.92 Å². The summed E-state index contributed by atoms with van der Waals surface area (Å²) in [5.41, 5.74) is -0.0424. The lowest BCUT2D eigenvalue weighted by Crippen LogP contribution is -2.46. The number of rotatable bonds is 6. The molecule has 6 heteroatoms. The first-order valence-electron chi connectivity index (χ1n) is 6.68. The van der Waals surface area contributed by atoms with Crippen LogP contribution in [0.5, 0.6) is 0 Å². The fraction of sp³-hybridized carbons (Fsp3) is 0.467. The molecule has 21 heavy (non-hydrogen) atoms. The van der Waals surface area contributed by atoms with E-state index in [1.54, 1.807) is 18.2 Å². The van der Waals surface area contributed by atoms with Crippen molar-refractivity contribution < 1.29 is 14.7 Å². The maximum atomic E-state index is 12.2. The van der Waals surface area contributed by atoms with E-state index in [9.17, 15) is 9.59 Å². The molecule has 2 N–H and O–H groups in total. The summed E-state index contributed by atoms with van der Waals surface area (Å²) in [6.07, 6.45) is 0.845. The highest BCUT2D eigenvalue weighted by atomic mass is 79.9. The Labute approximate surface area is 137 Å². The van der Waals surface area contributed by atoms with Crippen LogP contribution >= 0.6 is 27.7 Å². The van der Waals surface area contributed by atoms with Crippen molar-refractivity contribution in [3.05, 3.63) is 28.2 Å². The maximum absolute atomic E-state index is 12.2. The van der Waals surface area contributed by atoms with Crippen LogP contribution in [0.1, 0.15) is 44.5 Å². The standard InChI is InChI=1S/C15H20BrNO3S/c1-5-15(3,4)17-13(18)9(2)21-10-6-7-12(16)11(8-10)14(19)20/h6-9H,5H2,1-4H3,(H,17,18)(H,19,20). The molecule has 0 aliphatic rings. The molecule has 1 unspecified atom stereocenters. The SMILES string of the molecule is CCC(C)(C)NC(=O)C(C)Sc1ccc(Br)c(C(=O)O)c1. The van der Waals surface area contributed by atoms with Crippen LogP contribution in [0.3, 0.4) is 0 Å². The van der Waals surface area contributed by atoms with E-state index in [1.165, 1.54) is 11.8 Å². The lowest BCUT2D eigenvalue weighted by molar-refractivity contribution is -0.121. The van der Waals surface area contributed by atoms with E-state index in [0.29, 0.717) is 4.47 Å². The second-order valence-electron chi connectivity index (χ2n) is 5.43. The summed E-state index contributed by atoms with van der Waals surface area (Å²) in [5.74, 6) is -1.04. The molecule has 1 rings (SSSR count). The number of benzene rings is 1. The van der Waals surface area contributed by atoms with Gasteiger partial charge in [0.2, 0.25) is 5.91 Å². The average molecular weight is 374 g/mol. The van der Waals surface area contributed by atoms with Gasteiger partial charge in [0, 0.05) is 14.9 Å². The quantitative estimate of drug-likeness (QED) is 0.741. The van der Waals surface area contributed by atoms with Gasteiger partial charge in [-0.3, -0.25) is 4.79 Å². The first-order chi connectivity index (χ1) is 9.66. The summed E-state index contributed by atoms with van der Waals surface area (Å²) in [6.45, 7) is 7.79. The second kappa shape index (κ2) is 7.31. The minimum absolute atomic E-state index is 0.0494. The maximum Gasteiger partial charge on any atom is 0.336 e. The fourth-order valence-corrected chi connectivity index (χ4v) is 2.85. The van der Waals surface area contributed by atoms with E-state index < -0.39 is 5.97 Å². The third kappa shape index (κ3) is 5.36. The number of carbonyl (C=O) groups is 2. The normalized spacial score (nSPS) is 12.8. The van der Waals surface area contributed by atoms with Gasteiger partial charge < -0.3 is 10.4 Å². The molecule has 1 aromatic rings. The van der Waals surface area contributed by atoms with Crippen LogP contribution in [0, 0.1) is 0 Å². The van der Waals surface area contributed by atoms with Crippen LogP contribution in [0.25, 0.3) is 0 Å². The van der Waals surface area contributed by atoms with E-state index in [-0.39, 0.29) is 22.3 Å². The first kappa shape index (κ1) is 18.0. The van der Waals surface area contributed by atoms with Gasteiger partial charge in [-0.05, 0) is 61.3 Å². The number of carboxylic acids is 1. The van der Waals surface area contributed by atoms with Crippen molar-refractivity contribution in [2.24, 2.45) is 0 Å². The predicted molar refractivity (Wildman–Crippen MR) is 88.9 cm³/mol. The molecule has 4 nitrogen and oxygen atoms in total. The molecule has 0 saturated carbocycles. The Balaban J connectivity index is 2.79. The van der Waals surface area contributed by atoms with Gasteiger partial charge in [0.15, 0.2) is 0 Å². The van der Waals surface area contributed by atoms with E-state index in [2.05, 4.69) is 21.2 Å². The van der Waals surface area contributed by atoms with Crippen molar-refractivity contribution in [3.8, 4) is 0 Å². The summed E-state index contributed by atoms with van der Waals surface area (Å²) >= 11 is 4.55. The van der Waals surface area contributed by atoms with Crippen LogP contribution in [0.15, 0.2) is 27.6 Å². The smallest absolute Gasteiger partial charge is 0.336 e. The summed E-state index contributed by atoms with van der Waals surface area (Å²) in [6, 6.07) is 5.06. The molecule has 1 amide bonds. The topological polar surface area (TPSA) is 66.4 Å². The van der Waals surface area contributed by atoms with Crippen molar-refractivity contribution >= 4 is 39.6 Å². The number of halogens is 1. The molecule has 1 aromatic carbocycles. The Bertz CT molecular complexity index is 546. The number of thioether (sulfide) groups is 1. The Hall–Kier alpha value is -1.01. The molecule has 0 heterocycles.